The fourth-order valence-corrected chi connectivity index (χ4v) is 3.19. The van der Waals surface area contributed by atoms with E-state index in [0.29, 0.717) is 13.0 Å². The highest BCUT2D eigenvalue weighted by Crippen LogP contribution is 2.46. The maximum atomic E-state index is 13.0. The largest absolute Gasteiger partial charge is 0.463 e. The van der Waals surface area contributed by atoms with Crippen molar-refractivity contribution in [3.63, 3.8) is 0 Å². The van der Waals surface area contributed by atoms with E-state index in [4.69, 9.17) is 17.0 Å². The van der Waals surface area contributed by atoms with Crippen molar-refractivity contribution in [2.24, 2.45) is 21.7 Å². The molecule has 7 nitrogen and oxygen atoms in total. The number of rotatable bonds is 10. The van der Waals surface area contributed by atoms with Crippen molar-refractivity contribution in [3.8, 4) is 0 Å². The minimum Gasteiger partial charge on any atom is -0.463 e. The van der Waals surface area contributed by atoms with Gasteiger partial charge in [-0.3, -0.25) is 9.59 Å². The number of nitrogens with one attached hydrogen (secondary N) is 3. The number of amides is 3. The summed E-state index contributed by atoms with van der Waals surface area (Å²) in [6.07, 6.45) is 0.674. The molecule has 0 rings (SSSR count). The number of hydrogen-bond donors (Lipinski definition) is 3. The molecule has 0 aromatic rings. The maximum absolute atomic E-state index is 13.0. The van der Waals surface area contributed by atoms with Crippen LogP contribution in [-0.4, -0.2) is 49.5 Å². The summed E-state index contributed by atoms with van der Waals surface area (Å²) in [6, 6.07) is -0.382. The summed E-state index contributed by atoms with van der Waals surface area (Å²) >= 11 is 5.20. The highest BCUT2D eigenvalue weighted by atomic mass is 32.1. The van der Waals surface area contributed by atoms with Crippen LogP contribution in [0.2, 0.25) is 0 Å². The Morgan fingerprint density at radius 1 is 0.833 bits per heavy atom. The fourth-order valence-electron chi connectivity index (χ4n) is 2.93. The first-order valence-corrected chi connectivity index (χ1v) is 10.9. The van der Waals surface area contributed by atoms with E-state index in [9.17, 15) is 14.4 Å². The summed E-state index contributed by atoms with van der Waals surface area (Å²) in [5, 5.41) is 9.88. The zero-order valence-corrected chi connectivity index (χ0v) is 21.0. The Labute approximate surface area is 187 Å². The van der Waals surface area contributed by atoms with Gasteiger partial charge in [-0.15, -0.1) is 0 Å². The van der Waals surface area contributed by atoms with E-state index in [2.05, 4.69) is 36.7 Å². The third kappa shape index (κ3) is 9.41. The zero-order valence-electron chi connectivity index (χ0n) is 20.2. The molecular weight excluding hydrogens is 402 g/mol. The average Bonchev–Trinajstić information content (AvgIpc) is 2.59. The Bertz CT molecular complexity index is 621. The van der Waals surface area contributed by atoms with Gasteiger partial charge in [0.1, 0.15) is 6.61 Å². The van der Waals surface area contributed by atoms with Crippen LogP contribution in [0, 0.1) is 21.7 Å². The van der Waals surface area contributed by atoms with Crippen molar-refractivity contribution in [2.45, 2.75) is 68.7 Å². The van der Waals surface area contributed by atoms with Gasteiger partial charge in [0.25, 0.3) is 0 Å². The smallest absolute Gasteiger partial charge is 0.314 e. The molecule has 0 heterocycles. The van der Waals surface area contributed by atoms with Gasteiger partial charge >= 0.3 is 12.0 Å². The molecule has 8 heteroatoms. The second-order valence-electron chi connectivity index (χ2n) is 10.7. The minimum absolute atomic E-state index is 0.0454. The van der Waals surface area contributed by atoms with Crippen molar-refractivity contribution < 1.29 is 19.1 Å². The predicted octanol–water partition coefficient (Wildman–Crippen LogP) is 3.46. The molecule has 3 N–H and O–H groups in total. The van der Waals surface area contributed by atoms with E-state index in [-0.39, 0.29) is 43.0 Å². The molecule has 30 heavy (non-hydrogen) atoms. The second kappa shape index (κ2) is 11.1. The lowest BCUT2D eigenvalue weighted by molar-refractivity contribution is -0.152. The van der Waals surface area contributed by atoms with Crippen molar-refractivity contribution in [3.05, 3.63) is 0 Å². The number of hydrogen-bond acceptors (Lipinski definition) is 5. The molecule has 0 aromatic heterocycles. The molecule has 0 radical (unpaired) electrons. The molecule has 0 aliphatic rings. The molecular formula is C22H41N3O4S. The van der Waals surface area contributed by atoms with Crippen LogP contribution in [0.25, 0.3) is 0 Å². The van der Waals surface area contributed by atoms with E-state index >= 15 is 0 Å². The Hall–Kier alpha value is -1.70. The average molecular weight is 444 g/mol. The van der Waals surface area contributed by atoms with Gasteiger partial charge in [-0.1, -0.05) is 46.8 Å². The Kier molecular flexibility index (Phi) is 10.4. The first kappa shape index (κ1) is 28.3. The summed E-state index contributed by atoms with van der Waals surface area (Å²) in [5.74, 6) is -0.398. The van der Waals surface area contributed by atoms with E-state index in [1.54, 1.807) is 26.1 Å². The lowest BCUT2D eigenvalue weighted by atomic mass is 9.60. The summed E-state index contributed by atoms with van der Waals surface area (Å²) in [4.78, 5) is 36.5. The van der Waals surface area contributed by atoms with Crippen LogP contribution in [0.3, 0.4) is 0 Å². The molecule has 0 saturated heterocycles. The van der Waals surface area contributed by atoms with Crippen LogP contribution in [-0.2, 0) is 14.3 Å². The standard InChI is InChI=1S/C22H41N3O4S/c1-19(2,3)14-22(9,21(7,8)15-30)16(26)23-10-11-24-18(28)25-12-13-29-17(27)20(4,5)6/h15H,10-14H2,1-9H3,(H,23,26)(H2,24,25,28). The van der Waals surface area contributed by atoms with Crippen LogP contribution >= 0.6 is 12.2 Å². The quantitative estimate of drug-likeness (QED) is 0.273. The monoisotopic (exact) mass is 443 g/mol. The van der Waals surface area contributed by atoms with Crippen LogP contribution in [0.1, 0.15) is 68.7 Å². The molecule has 174 valence electrons. The molecule has 0 saturated carbocycles. The number of thiocarbonyl (C=S) groups is 1. The first-order chi connectivity index (χ1) is 13.5. The van der Waals surface area contributed by atoms with Crippen LogP contribution in [0.15, 0.2) is 0 Å². The maximum Gasteiger partial charge on any atom is 0.314 e. The van der Waals surface area contributed by atoms with Crippen molar-refractivity contribution in [1.82, 2.24) is 16.0 Å². The molecule has 0 aliphatic carbocycles. The van der Waals surface area contributed by atoms with Crippen molar-refractivity contribution in [2.75, 3.05) is 26.2 Å². The molecule has 0 spiro atoms. The van der Waals surface area contributed by atoms with Crippen molar-refractivity contribution in [1.29, 1.82) is 0 Å². The van der Waals surface area contributed by atoms with Crippen molar-refractivity contribution >= 4 is 35.5 Å². The molecule has 1 unspecified atom stereocenters. The Morgan fingerprint density at radius 3 is 1.80 bits per heavy atom. The summed E-state index contributed by atoms with van der Waals surface area (Å²) in [6.45, 7) is 18.4. The number of urea groups is 1. The normalized spacial score (nSPS) is 14.3. The topological polar surface area (TPSA) is 96.5 Å². The van der Waals surface area contributed by atoms with Crippen LogP contribution < -0.4 is 16.0 Å². The lowest BCUT2D eigenvalue weighted by Gasteiger charge is -2.44. The zero-order chi connectivity index (χ0) is 23.8. The van der Waals surface area contributed by atoms with Crippen LogP contribution in [0.4, 0.5) is 4.79 Å². The van der Waals surface area contributed by atoms with E-state index in [1.807, 2.05) is 20.8 Å². The Balaban J connectivity index is 4.46. The summed E-state index contributed by atoms with van der Waals surface area (Å²) < 4.78 is 5.08. The van der Waals surface area contributed by atoms with Gasteiger partial charge in [-0.05, 0) is 44.9 Å². The first-order valence-electron chi connectivity index (χ1n) is 10.4. The molecule has 0 bridgehead atoms. The SMILES string of the molecule is CC(C)(C)CC(C)(C(=O)NCCNC(=O)NCCOC(=O)C(C)(C)C)C(C)(C)C=S. The van der Waals surface area contributed by atoms with Gasteiger partial charge in [-0.2, -0.15) is 0 Å². The van der Waals surface area contributed by atoms with Gasteiger partial charge in [0.05, 0.1) is 17.4 Å². The number of esters is 1. The van der Waals surface area contributed by atoms with E-state index < -0.39 is 16.2 Å². The predicted molar refractivity (Wildman–Crippen MR) is 124 cm³/mol. The van der Waals surface area contributed by atoms with Gasteiger partial charge < -0.3 is 20.7 Å². The summed E-state index contributed by atoms with van der Waals surface area (Å²) in [7, 11) is 0. The molecule has 0 aromatic carbocycles. The summed E-state index contributed by atoms with van der Waals surface area (Å²) in [5.41, 5.74) is -1.75. The molecule has 3 amide bonds. The van der Waals surface area contributed by atoms with Gasteiger partial charge in [0.2, 0.25) is 5.91 Å². The third-order valence-electron chi connectivity index (χ3n) is 5.03. The highest BCUT2D eigenvalue weighted by Gasteiger charge is 2.47. The number of carbonyl (C=O) groups is 3. The number of ether oxygens (including phenoxy) is 1. The highest BCUT2D eigenvalue weighted by molar-refractivity contribution is 7.79. The third-order valence-corrected chi connectivity index (χ3v) is 5.62. The molecule has 0 aliphatic heterocycles. The lowest BCUT2D eigenvalue weighted by Crippen LogP contribution is -2.52. The van der Waals surface area contributed by atoms with E-state index in [0.717, 1.165) is 0 Å². The molecule has 1 atom stereocenters. The van der Waals surface area contributed by atoms with Crippen LogP contribution in [0.5, 0.6) is 0 Å². The van der Waals surface area contributed by atoms with Gasteiger partial charge in [0, 0.05) is 18.5 Å². The van der Waals surface area contributed by atoms with E-state index in [1.165, 1.54) is 0 Å². The van der Waals surface area contributed by atoms with Gasteiger partial charge in [-0.25, -0.2) is 4.79 Å². The van der Waals surface area contributed by atoms with Gasteiger partial charge in [0.15, 0.2) is 0 Å². The molecule has 0 fully saturated rings. The minimum atomic E-state index is -0.674. The fraction of sp³-hybridized carbons (Fsp3) is 0.818. The number of carbonyl (C=O) groups excluding carboxylic acids is 3. The Morgan fingerprint density at radius 2 is 1.33 bits per heavy atom. The second-order valence-corrected chi connectivity index (χ2v) is 11.0.